The summed E-state index contributed by atoms with van der Waals surface area (Å²) in [5.74, 6) is 1.60. The Morgan fingerprint density at radius 2 is 1.90 bits per heavy atom. The predicted molar refractivity (Wildman–Crippen MR) is 118 cm³/mol. The maximum absolute atomic E-state index is 11.4. The highest BCUT2D eigenvalue weighted by atomic mass is 32.2. The first kappa shape index (κ1) is 25.2. The van der Waals surface area contributed by atoms with Gasteiger partial charge in [0, 0.05) is 31.8 Å². The minimum Gasteiger partial charge on any atom is -0.491 e. The lowest BCUT2D eigenvalue weighted by Crippen LogP contribution is -2.38. The fraction of sp³-hybridized carbons (Fsp3) is 0.650. The molecular weight excluding hydrogens is 392 g/mol. The summed E-state index contributed by atoms with van der Waals surface area (Å²) in [6, 6.07) is 6.08. The van der Waals surface area contributed by atoms with Gasteiger partial charge in [-0.15, -0.1) is 0 Å². The molecule has 0 aromatic heterocycles. The van der Waals surface area contributed by atoms with Crippen molar-refractivity contribution in [3.8, 4) is 5.75 Å². The van der Waals surface area contributed by atoms with E-state index >= 15 is 0 Å². The Bertz CT molecular complexity index is 723. The van der Waals surface area contributed by atoms with Crippen LogP contribution in [-0.4, -0.2) is 59.6 Å². The van der Waals surface area contributed by atoms with Gasteiger partial charge in [-0.25, -0.2) is 18.1 Å². The summed E-state index contributed by atoms with van der Waals surface area (Å²) in [6.45, 7) is 11.6. The Morgan fingerprint density at radius 3 is 2.59 bits per heavy atom. The monoisotopic (exact) mass is 428 g/mol. The number of guanidine groups is 1. The van der Waals surface area contributed by atoms with Crippen LogP contribution in [0.4, 0.5) is 0 Å². The molecule has 0 unspecified atom stereocenters. The molecule has 0 aliphatic carbocycles. The quantitative estimate of drug-likeness (QED) is 0.237. The molecule has 1 aromatic rings. The number of sulfonamides is 1. The van der Waals surface area contributed by atoms with E-state index in [1.165, 1.54) is 0 Å². The molecule has 0 heterocycles. The second kappa shape index (κ2) is 14.2. The molecule has 0 spiro atoms. The van der Waals surface area contributed by atoms with Gasteiger partial charge in [-0.1, -0.05) is 12.1 Å². The minimum atomic E-state index is -3.14. The lowest BCUT2D eigenvalue weighted by Gasteiger charge is -2.14. The van der Waals surface area contributed by atoms with Crippen molar-refractivity contribution >= 4 is 16.0 Å². The summed E-state index contributed by atoms with van der Waals surface area (Å²) >= 11 is 0. The SMILES string of the molecule is CCNC(=NCc1ccc(C)cc1OCCOCC)NCCCNS(=O)(=O)CC. The summed E-state index contributed by atoms with van der Waals surface area (Å²) in [4.78, 5) is 4.63. The van der Waals surface area contributed by atoms with Crippen LogP contribution < -0.4 is 20.1 Å². The van der Waals surface area contributed by atoms with E-state index in [-0.39, 0.29) is 5.75 Å². The number of rotatable bonds is 14. The fourth-order valence-electron chi connectivity index (χ4n) is 2.41. The second-order valence-corrected chi connectivity index (χ2v) is 8.53. The molecule has 0 aliphatic heterocycles. The zero-order valence-corrected chi connectivity index (χ0v) is 18.9. The minimum absolute atomic E-state index is 0.0933. The van der Waals surface area contributed by atoms with Gasteiger partial charge in [0.25, 0.3) is 0 Å². The van der Waals surface area contributed by atoms with Gasteiger partial charge in [0.15, 0.2) is 5.96 Å². The highest BCUT2D eigenvalue weighted by molar-refractivity contribution is 7.89. The normalized spacial score (nSPS) is 12.1. The Hall–Kier alpha value is -1.84. The third kappa shape index (κ3) is 11.1. The average Bonchev–Trinajstić information content (AvgIpc) is 2.70. The van der Waals surface area contributed by atoms with E-state index in [0.717, 1.165) is 23.4 Å². The third-order valence-electron chi connectivity index (χ3n) is 4.01. The Morgan fingerprint density at radius 1 is 1.10 bits per heavy atom. The molecule has 0 atom stereocenters. The van der Waals surface area contributed by atoms with Gasteiger partial charge in [-0.05, 0) is 45.7 Å². The first-order chi connectivity index (χ1) is 13.9. The topological polar surface area (TPSA) is 101 Å². The second-order valence-electron chi connectivity index (χ2n) is 6.43. The van der Waals surface area contributed by atoms with Crippen LogP contribution in [0.1, 0.15) is 38.3 Å². The van der Waals surface area contributed by atoms with Gasteiger partial charge < -0.3 is 20.1 Å². The van der Waals surface area contributed by atoms with Crippen molar-refractivity contribution in [2.75, 3.05) is 45.2 Å². The van der Waals surface area contributed by atoms with E-state index in [2.05, 4.69) is 20.3 Å². The molecule has 0 amide bonds. The van der Waals surface area contributed by atoms with Crippen LogP contribution in [-0.2, 0) is 21.3 Å². The predicted octanol–water partition coefficient (Wildman–Crippen LogP) is 1.79. The highest BCUT2D eigenvalue weighted by Gasteiger charge is 2.06. The summed E-state index contributed by atoms with van der Waals surface area (Å²) < 4.78 is 36.6. The number of benzene rings is 1. The summed E-state index contributed by atoms with van der Waals surface area (Å²) in [7, 11) is -3.14. The van der Waals surface area contributed by atoms with Crippen molar-refractivity contribution in [2.24, 2.45) is 4.99 Å². The van der Waals surface area contributed by atoms with Crippen LogP contribution >= 0.6 is 0 Å². The van der Waals surface area contributed by atoms with Crippen LogP contribution in [0.15, 0.2) is 23.2 Å². The molecular formula is C20H36N4O4S. The number of nitrogens with one attached hydrogen (secondary N) is 3. The summed E-state index contributed by atoms with van der Waals surface area (Å²) in [6.07, 6.45) is 0.667. The lowest BCUT2D eigenvalue weighted by molar-refractivity contribution is 0.110. The number of hydrogen-bond acceptors (Lipinski definition) is 5. The van der Waals surface area contributed by atoms with E-state index < -0.39 is 10.0 Å². The number of ether oxygens (including phenoxy) is 2. The summed E-state index contributed by atoms with van der Waals surface area (Å²) in [5.41, 5.74) is 2.13. The van der Waals surface area contributed by atoms with Crippen molar-refractivity contribution in [3.05, 3.63) is 29.3 Å². The molecule has 0 aliphatic rings. The average molecular weight is 429 g/mol. The first-order valence-corrected chi connectivity index (χ1v) is 11.9. The maximum Gasteiger partial charge on any atom is 0.211 e. The van der Waals surface area contributed by atoms with E-state index in [1.807, 2.05) is 39.0 Å². The number of aliphatic imine (C=N–C) groups is 1. The number of aryl methyl sites for hydroxylation is 1. The standard InChI is InChI=1S/C20H36N4O4S/c1-5-21-20(22-11-8-12-24-29(25,26)7-3)23-16-18-10-9-17(4)15-19(18)28-14-13-27-6-2/h9-10,15,24H,5-8,11-14,16H2,1-4H3,(H2,21,22,23). The zero-order valence-electron chi connectivity index (χ0n) is 18.1. The molecule has 1 aromatic carbocycles. The largest absolute Gasteiger partial charge is 0.491 e. The van der Waals surface area contributed by atoms with Crippen LogP contribution in [0, 0.1) is 6.92 Å². The van der Waals surface area contributed by atoms with Gasteiger partial charge >= 0.3 is 0 Å². The van der Waals surface area contributed by atoms with Gasteiger partial charge in [-0.2, -0.15) is 0 Å². The number of nitrogens with zero attached hydrogens (tertiary/aromatic N) is 1. The molecule has 9 heteroatoms. The van der Waals surface area contributed by atoms with Crippen LogP contribution in [0.2, 0.25) is 0 Å². The molecule has 0 bridgehead atoms. The molecule has 29 heavy (non-hydrogen) atoms. The van der Waals surface area contributed by atoms with Crippen molar-refractivity contribution in [2.45, 2.75) is 40.7 Å². The maximum atomic E-state index is 11.4. The van der Waals surface area contributed by atoms with Crippen LogP contribution in [0.5, 0.6) is 5.75 Å². The van der Waals surface area contributed by atoms with Gasteiger partial charge in [0.2, 0.25) is 10.0 Å². The van der Waals surface area contributed by atoms with Crippen LogP contribution in [0.25, 0.3) is 0 Å². The molecule has 0 fully saturated rings. The van der Waals surface area contributed by atoms with Crippen molar-refractivity contribution in [3.63, 3.8) is 0 Å². The zero-order chi connectivity index (χ0) is 21.5. The number of hydrogen-bond donors (Lipinski definition) is 3. The van der Waals surface area contributed by atoms with E-state index in [9.17, 15) is 8.42 Å². The van der Waals surface area contributed by atoms with Gasteiger partial charge in [0.1, 0.15) is 12.4 Å². The molecule has 0 saturated heterocycles. The molecule has 0 radical (unpaired) electrons. The van der Waals surface area contributed by atoms with Gasteiger partial charge in [0.05, 0.1) is 18.9 Å². The summed E-state index contributed by atoms with van der Waals surface area (Å²) in [5, 5.41) is 6.43. The molecule has 1 rings (SSSR count). The van der Waals surface area contributed by atoms with E-state index in [4.69, 9.17) is 9.47 Å². The van der Waals surface area contributed by atoms with Crippen molar-refractivity contribution in [1.82, 2.24) is 15.4 Å². The van der Waals surface area contributed by atoms with Crippen LogP contribution in [0.3, 0.4) is 0 Å². The highest BCUT2D eigenvalue weighted by Crippen LogP contribution is 2.21. The van der Waals surface area contributed by atoms with Crippen molar-refractivity contribution in [1.29, 1.82) is 0 Å². The molecule has 0 saturated carbocycles. The van der Waals surface area contributed by atoms with Crippen molar-refractivity contribution < 1.29 is 17.9 Å². The Balaban J connectivity index is 2.61. The van der Waals surface area contributed by atoms with E-state index in [1.54, 1.807) is 6.92 Å². The Kier molecular flexibility index (Phi) is 12.3. The molecule has 166 valence electrons. The van der Waals surface area contributed by atoms with E-state index in [0.29, 0.717) is 51.8 Å². The third-order valence-corrected chi connectivity index (χ3v) is 5.42. The molecule has 3 N–H and O–H groups in total. The fourth-order valence-corrected chi connectivity index (χ4v) is 3.07. The van der Waals surface area contributed by atoms with Gasteiger partial charge in [-0.3, -0.25) is 0 Å². The lowest BCUT2D eigenvalue weighted by atomic mass is 10.1. The molecule has 8 nitrogen and oxygen atoms in total. The Labute approximate surface area is 175 Å². The smallest absolute Gasteiger partial charge is 0.211 e. The first-order valence-electron chi connectivity index (χ1n) is 10.2.